The van der Waals surface area contributed by atoms with E-state index < -0.39 is 0 Å². The molecule has 1 aromatic heterocycles. The maximum atomic E-state index is 12.7. The van der Waals surface area contributed by atoms with Crippen molar-refractivity contribution < 1.29 is 9.59 Å². The van der Waals surface area contributed by atoms with Gasteiger partial charge in [-0.3, -0.25) is 23.9 Å². The van der Waals surface area contributed by atoms with Crippen molar-refractivity contribution in [3.05, 3.63) is 40.9 Å². The first-order chi connectivity index (χ1) is 13.0. The quantitative estimate of drug-likeness (QED) is 0.757. The number of para-hydroxylation sites is 1. The molecule has 0 radical (unpaired) electrons. The van der Waals surface area contributed by atoms with Gasteiger partial charge in [0.1, 0.15) is 6.54 Å². The highest BCUT2D eigenvalue weighted by Gasteiger charge is 2.21. The van der Waals surface area contributed by atoms with Gasteiger partial charge in [-0.05, 0) is 18.6 Å². The van der Waals surface area contributed by atoms with Gasteiger partial charge in [0.2, 0.25) is 11.8 Å². The zero-order valence-electron chi connectivity index (χ0n) is 15.8. The summed E-state index contributed by atoms with van der Waals surface area (Å²) >= 11 is 0. The van der Waals surface area contributed by atoms with E-state index in [1.165, 1.54) is 10.9 Å². The Bertz CT molecular complexity index is 892. The summed E-state index contributed by atoms with van der Waals surface area (Å²) in [7, 11) is 3.48. The summed E-state index contributed by atoms with van der Waals surface area (Å²) in [6, 6.07) is 7.11. The average molecular weight is 371 g/mol. The summed E-state index contributed by atoms with van der Waals surface area (Å²) in [5.74, 6) is -0.0430. The van der Waals surface area contributed by atoms with E-state index in [4.69, 9.17) is 0 Å². The van der Waals surface area contributed by atoms with E-state index in [1.54, 1.807) is 42.1 Å². The molecule has 1 aliphatic heterocycles. The molecule has 0 spiro atoms. The van der Waals surface area contributed by atoms with Crippen LogP contribution >= 0.6 is 0 Å². The SMILES string of the molecule is CN(C)C(=O)CN1CCCN(C(=O)Cn2cnc3ccccc3c2=O)CC1. The Morgan fingerprint density at radius 3 is 2.63 bits per heavy atom. The van der Waals surface area contributed by atoms with Crippen molar-refractivity contribution in [3.8, 4) is 0 Å². The smallest absolute Gasteiger partial charge is 0.261 e. The molecule has 0 unspecified atom stereocenters. The highest BCUT2D eigenvalue weighted by atomic mass is 16.2. The Hall–Kier alpha value is -2.74. The molecule has 0 aliphatic carbocycles. The van der Waals surface area contributed by atoms with Gasteiger partial charge < -0.3 is 9.80 Å². The molecule has 0 N–H and O–H groups in total. The van der Waals surface area contributed by atoms with Crippen molar-refractivity contribution in [2.45, 2.75) is 13.0 Å². The lowest BCUT2D eigenvalue weighted by Crippen LogP contribution is -2.41. The number of hydrogen-bond acceptors (Lipinski definition) is 5. The molecule has 2 aromatic rings. The molecule has 2 heterocycles. The average Bonchev–Trinajstić information content (AvgIpc) is 2.90. The number of aromatic nitrogens is 2. The Kier molecular flexibility index (Phi) is 5.85. The maximum Gasteiger partial charge on any atom is 0.261 e. The summed E-state index contributed by atoms with van der Waals surface area (Å²) in [6.45, 7) is 2.95. The molecule has 0 atom stereocenters. The van der Waals surface area contributed by atoms with Gasteiger partial charge in [-0.2, -0.15) is 0 Å². The van der Waals surface area contributed by atoms with Crippen LogP contribution in [0.15, 0.2) is 35.4 Å². The first-order valence-corrected chi connectivity index (χ1v) is 9.10. The number of carbonyl (C=O) groups excluding carboxylic acids is 2. The molecule has 1 saturated heterocycles. The molecule has 2 amide bonds. The molecule has 8 heteroatoms. The standard InChI is InChI=1S/C19H25N5O3/c1-21(2)17(25)12-22-8-5-9-23(11-10-22)18(26)13-24-14-20-16-7-4-3-6-15(16)19(24)27/h3-4,6-7,14H,5,8-13H2,1-2H3. The van der Waals surface area contributed by atoms with Gasteiger partial charge in [-0.1, -0.05) is 12.1 Å². The molecule has 144 valence electrons. The van der Waals surface area contributed by atoms with Gasteiger partial charge in [0.25, 0.3) is 5.56 Å². The second-order valence-corrected chi connectivity index (χ2v) is 6.99. The van der Waals surface area contributed by atoms with Gasteiger partial charge in [0, 0.05) is 40.3 Å². The second-order valence-electron chi connectivity index (χ2n) is 6.99. The minimum atomic E-state index is -0.207. The molecular weight excluding hydrogens is 346 g/mol. The number of carbonyl (C=O) groups is 2. The number of nitrogens with zero attached hydrogens (tertiary/aromatic N) is 5. The van der Waals surface area contributed by atoms with E-state index in [2.05, 4.69) is 9.88 Å². The summed E-state index contributed by atoms with van der Waals surface area (Å²) < 4.78 is 1.36. The van der Waals surface area contributed by atoms with Crippen LogP contribution in [-0.2, 0) is 16.1 Å². The normalized spacial score (nSPS) is 15.6. The summed E-state index contributed by atoms with van der Waals surface area (Å²) in [6.07, 6.45) is 2.24. The van der Waals surface area contributed by atoms with Crippen molar-refractivity contribution in [2.24, 2.45) is 0 Å². The lowest BCUT2D eigenvalue weighted by molar-refractivity contribution is -0.131. The number of likely N-dealkylation sites (N-methyl/N-ethyl adjacent to an activating group) is 1. The first-order valence-electron chi connectivity index (χ1n) is 9.10. The molecular formula is C19H25N5O3. The number of benzene rings is 1. The predicted molar refractivity (Wildman–Crippen MR) is 102 cm³/mol. The Morgan fingerprint density at radius 2 is 1.85 bits per heavy atom. The fraction of sp³-hybridized carbons (Fsp3) is 0.474. The molecule has 0 bridgehead atoms. The van der Waals surface area contributed by atoms with Crippen molar-refractivity contribution in [2.75, 3.05) is 46.8 Å². The highest BCUT2D eigenvalue weighted by Crippen LogP contribution is 2.07. The molecule has 0 saturated carbocycles. The van der Waals surface area contributed by atoms with Crippen LogP contribution < -0.4 is 5.56 Å². The monoisotopic (exact) mass is 371 g/mol. The second kappa shape index (κ2) is 8.30. The minimum Gasteiger partial charge on any atom is -0.348 e. The van der Waals surface area contributed by atoms with E-state index in [9.17, 15) is 14.4 Å². The van der Waals surface area contributed by atoms with Crippen molar-refractivity contribution in [1.82, 2.24) is 24.3 Å². The van der Waals surface area contributed by atoms with E-state index in [0.717, 1.165) is 13.0 Å². The van der Waals surface area contributed by atoms with Crippen molar-refractivity contribution in [1.29, 1.82) is 0 Å². The van der Waals surface area contributed by atoms with Crippen molar-refractivity contribution in [3.63, 3.8) is 0 Å². The van der Waals surface area contributed by atoms with Gasteiger partial charge in [-0.15, -0.1) is 0 Å². The first kappa shape index (κ1) is 19.0. The van der Waals surface area contributed by atoms with Crippen LogP contribution in [0.1, 0.15) is 6.42 Å². The van der Waals surface area contributed by atoms with Crippen LogP contribution in [0.2, 0.25) is 0 Å². The topological polar surface area (TPSA) is 78.8 Å². The molecule has 3 rings (SSSR count). The molecule has 1 aromatic carbocycles. The van der Waals surface area contributed by atoms with Crippen LogP contribution in [0.3, 0.4) is 0 Å². The van der Waals surface area contributed by atoms with Gasteiger partial charge in [-0.25, -0.2) is 4.98 Å². The van der Waals surface area contributed by atoms with Gasteiger partial charge in [0.05, 0.1) is 23.8 Å². The predicted octanol–water partition coefficient (Wildman–Crippen LogP) is 0.0190. The minimum absolute atomic E-state index is 0.0205. The Labute approximate surface area is 158 Å². The third-order valence-corrected chi connectivity index (χ3v) is 4.84. The Morgan fingerprint density at radius 1 is 1.07 bits per heavy atom. The van der Waals surface area contributed by atoms with E-state index in [0.29, 0.717) is 37.1 Å². The van der Waals surface area contributed by atoms with E-state index >= 15 is 0 Å². The van der Waals surface area contributed by atoms with Crippen molar-refractivity contribution >= 4 is 22.7 Å². The molecule has 8 nitrogen and oxygen atoms in total. The van der Waals surface area contributed by atoms with Crippen LogP contribution in [-0.4, -0.2) is 82.9 Å². The largest absolute Gasteiger partial charge is 0.348 e. The third kappa shape index (κ3) is 4.51. The molecule has 1 fully saturated rings. The molecule has 1 aliphatic rings. The van der Waals surface area contributed by atoms with Crippen LogP contribution in [0.25, 0.3) is 10.9 Å². The van der Waals surface area contributed by atoms with E-state index in [1.807, 2.05) is 6.07 Å². The highest BCUT2D eigenvalue weighted by molar-refractivity contribution is 5.79. The number of fused-ring (bicyclic) bond motifs is 1. The zero-order valence-corrected chi connectivity index (χ0v) is 15.8. The summed E-state index contributed by atoms with van der Waals surface area (Å²) in [4.78, 5) is 46.8. The summed E-state index contributed by atoms with van der Waals surface area (Å²) in [5.41, 5.74) is 0.421. The third-order valence-electron chi connectivity index (χ3n) is 4.84. The van der Waals surface area contributed by atoms with Gasteiger partial charge in [0.15, 0.2) is 0 Å². The number of hydrogen-bond donors (Lipinski definition) is 0. The number of amides is 2. The van der Waals surface area contributed by atoms with Crippen LogP contribution in [0.4, 0.5) is 0 Å². The zero-order chi connectivity index (χ0) is 19.4. The fourth-order valence-corrected chi connectivity index (χ4v) is 3.18. The Balaban J connectivity index is 1.64. The fourth-order valence-electron chi connectivity index (χ4n) is 3.18. The molecule has 27 heavy (non-hydrogen) atoms. The van der Waals surface area contributed by atoms with Gasteiger partial charge >= 0.3 is 0 Å². The lowest BCUT2D eigenvalue weighted by atomic mass is 10.2. The van der Waals surface area contributed by atoms with E-state index in [-0.39, 0.29) is 23.9 Å². The maximum absolute atomic E-state index is 12.7. The lowest BCUT2D eigenvalue weighted by Gasteiger charge is -2.23. The van der Waals surface area contributed by atoms with Crippen LogP contribution in [0.5, 0.6) is 0 Å². The number of rotatable bonds is 4. The summed E-state index contributed by atoms with van der Waals surface area (Å²) in [5, 5.41) is 0.511. The van der Waals surface area contributed by atoms with Crippen LogP contribution in [0, 0.1) is 0 Å².